The highest BCUT2D eigenvalue weighted by atomic mass is 16.3. The Hall–Kier alpha value is -1.23. The van der Waals surface area contributed by atoms with Crippen LogP contribution in [-0.2, 0) is 4.79 Å². The van der Waals surface area contributed by atoms with Crippen molar-refractivity contribution in [2.75, 3.05) is 0 Å². The second-order valence-corrected chi connectivity index (χ2v) is 12.9. The van der Waals surface area contributed by atoms with Crippen molar-refractivity contribution < 1.29 is 20.1 Å². The van der Waals surface area contributed by atoms with E-state index in [9.17, 15) is 20.1 Å². The summed E-state index contributed by atoms with van der Waals surface area (Å²) < 4.78 is 0. The molecule has 0 unspecified atom stereocenters. The highest BCUT2D eigenvalue weighted by molar-refractivity contribution is 5.87. The van der Waals surface area contributed by atoms with Gasteiger partial charge in [0.15, 0.2) is 0 Å². The molecule has 4 fully saturated rings. The van der Waals surface area contributed by atoms with Crippen molar-refractivity contribution in [3.8, 4) is 0 Å². The second kappa shape index (κ2) is 11.3. The molecule has 4 heteroatoms. The molecule has 4 aliphatic carbocycles. The van der Waals surface area contributed by atoms with Crippen LogP contribution in [0.1, 0.15) is 111 Å². The fraction of sp³-hybridized carbons (Fsp3) is 0.781. The van der Waals surface area contributed by atoms with E-state index in [4.69, 9.17) is 0 Å². The number of ketones is 1. The lowest BCUT2D eigenvalue weighted by molar-refractivity contribution is -0.124. The van der Waals surface area contributed by atoms with Crippen molar-refractivity contribution >= 4 is 5.78 Å². The molecule has 0 saturated heterocycles. The second-order valence-electron chi connectivity index (χ2n) is 12.9. The SMILES string of the molecule is C=C1C(=CC=C2CCC[C@]3(C)[C@@H]([C@H](C)[C@H](O)CCC4(C(=O)CCCC)CC4)CC[C@@H]23)C[C@@H](O)C[C@@H]1O. The Morgan fingerprint density at radius 3 is 2.64 bits per heavy atom. The minimum absolute atomic E-state index is 0.115. The van der Waals surface area contributed by atoms with Gasteiger partial charge in [0.25, 0.3) is 0 Å². The third-order valence-corrected chi connectivity index (χ3v) is 10.7. The lowest BCUT2D eigenvalue weighted by Gasteiger charge is -2.45. The highest BCUT2D eigenvalue weighted by Gasteiger charge is 2.52. The van der Waals surface area contributed by atoms with Crippen LogP contribution in [0.15, 0.2) is 35.5 Å². The van der Waals surface area contributed by atoms with Crippen LogP contribution in [0.5, 0.6) is 0 Å². The molecule has 0 aromatic heterocycles. The van der Waals surface area contributed by atoms with E-state index >= 15 is 0 Å². The zero-order valence-electron chi connectivity index (χ0n) is 23.0. The number of aliphatic hydroxyl groups is 3. The van der Waals surface area contributed by atoms with Gasteiger partial charge in [0, 0.05) is 18.3 Å². The molecule has 0 aliphatic heterocycles. The molecule has 4 nitrogen and oxygen atoms in total. The van der Waals surface area contributed by atoms with E-state index < -0.39 is 12.2 Å². The van der Waals surface area contributed by atoms with E-state index in [1.54, 1.807) is 0 Å². The van der Waals surface area contributed by atoms with Gasteiger partial charge in [-0.3, -0.25) is 4.79 Å². The predicted octanol–water partition coefficient (Wildman–Crippen LogP) is 6.44. The average Bonchev–Trinajstić information content (AvgIpc) is 3.56. The summed E-state index contributed by atoms with van der Waals surface area (Å²) in [6.45, 7) is 10.9. The van der Waals surface area contributed by atoms with Crippen LogP contribution in [0.2, 0.25) is 0 Å². The Kier molecular flexibility index (Phi) is 8.69. The number of fused-ring (bicyclic) bond motifs is 1. The van der Waals surface area contributed by atoms with Crippen LogP contribution < -0.4 is 0 Å². The summed E-state index contributed by atoms with van der Waals surface area (Å²) in [6, 6.07) is 0. The Morgan fingerprint density at radius 1 is 1.19 bits per heavy atom. The minimum atomic E-state index is -0.648. The molecule has 202 valence electrons. The normalized spacial score (nSPS) is 37.7. The van der Waals surface area contributed by atoms with Crippen molar-refractivity contribution in [3.05, 3.63) is 35.5 Å². The number of aliphatic hydroxyl groups excluding tert-OH is 3. The Balaban J connectivity index is 1.40. The minimum Gasteiger partial charge on any atom is -0.393 e. The molecule has 0 aromatic rings. The molecule has 3 N–H and O–H groups in total. The molecule has 4 aliphatic rings. The fourth-order valence-electron chi connectivity index (χ4n) is 7.99. The summed E-state index contributed by atoms with van der Waals surface area (Å²) in [7, 11) is 0. The molecule has 0 radical (unpaired) electrons. The van der Waals surface area contributed by atoms with Gasteiger partial charge in [0.2, 0.25) is 0 Å². The molecular weight excluding hydrogens is 448 g/mol. The predicted molar refractivity (Wildman–Crippen MR) is 145 cm³/mol. The van der Waals surface area contributed by atoms with Crippen molar-refractivity contribution in [2.45, 2.75) is 129 Å². The topological polar surface area (TPSA) is 77.8 Å². The molecule has 4 saturated carbocycles. The van der Waals surface area contributed by atoms with Crippen LogP contribution in [0.3, 0.4) is 0 Å². The molecule has 36 heavy (non-hydrogen) atoms. The lowest BCUT2D eigenvalue weighted by Crippen LogP contribution is -2.39. The van der Waals surface area contributed by atoms with Gasteiger partial charge in [0.1, 0.15) is 5.78 Å². The Labute approximate surface area is 219 Å². The average molecular weight is 499 g/mol. The molecule has 0 spiro atoms. The van der Waals surface area contributed by atoms with Gasteiger partial charge in [-0.25, -0.2) is 0 Å². The standard InChI is InChI=1S/C32H50O4/c1-5-6-9-30(36)32(17-18-32)16-14-28(34)22(3)26-12-13-27-23(8-7-15-31(26,27)4)10-11-24-19-25(33)20-29(35)21(24)2/h10-11,22,25-29,33-35H,2,5-9,12-20H2,1,3-4H3/t22-,25+,26+,27-,28+,29-,31+/m0/s1. The maximum Gasteiger partial charge on any atom is 0.139 e. The third kappa shape index (κ3) is 5.61. The van der Waals surface area contributed by atoms with E-state index in [2.05, 4.69) is 39.5 Å². The number of carbonyl (C=O) groups is 1. The maximum absolute atomic E-state index is 12.7. The number of carbonyl (C=O) groups excluding carboxylic acids is 1. The maximum atomic E-state index is 12.7. The van der Waals surface area contributed by atoms with Gasteiger partial charge in [-0.2, -0.15) is 0 Å². The number of Topliss-reactive ketones (excluding diaryl/α,β-unsaturated/α-hetero) is 1. The van der Waals surface area contributed by atoms with Gasteiger partial charge in [-0.05, 0) is 105 Å². The molecule has 0 bridgehead atoms. The monoisotopic (exact) mass is 498 g/mol. The van der Waals surface area contributed by atoms with Crippen molar-refractivity contribution in [1.29, 1.82) is 0 Å². The number of unbranched alkanes of at least 4 members (excludes halogenated alkanes) is 1. The van der Waals surface area contributed by atoms with Crippen LogP contribution >= 0.6 is 0 Å². The number of allylic oxidation sites excluding steroid dienone is 3. The smallest absolute Gasteiger partial charge is 0.139 e. The Morgan fingerprint density at radius 2 is 1.94 bits per heavy atom. The van der Waals surface area contributed by atoms with E-state index in [0.29, 0.717) is 36.9 Å². The van der Waals surface area contributed by atoms with Crippen LogP contribution in [0.4, 0.5) is 0 Å². The molecule has 7 atom stereocenters. The first-order chi connectivity index (χ1) is 17.1. The fourth-order valence-corrected chi connectivity index (χ4v) is 7.99. The first kappa shape index (κ1) is 27.8. The highest BCUT2D eigenvalue weighted by Crippen LogP contribution is 2.60. The lowest BCUT2D eigenvalue weighted by atomic mass is 9.60. The van der Waals surface area contributed by atoms with Crippen molar-refractivity contribution in [2.24, 2.45) is 28.6 Å². The van der Waals surface area contributed by atoms with Crippen LogP contribution in [0.25, 0.3) is 0 Å². The summed E-state index contributed by atoms with van der Waals surface area (Å²) in [4.78, 5) is 12.7. The van der Waals surface area contributed by atoms with E-state index in [-0.39, 0.29) is 22.9 Å². The largest absolute Gasteiger partial charge is 0.393 e. The van der Waals surface area contributed by atoms with E-state index in [0.717, 1.165) is 62.5 Å². The summed E-state index contributed by atoms with van der Waals surface area (Å²) in [6.07, 6.45) is 16.0. The third-order valence-electron chi connectivity index (χ3n) is 10.7. The Bertz CT molecular complexity index is 881. The van der Waals surface area contributed by atoms with Gasteiger partial charge in [-0.1, -0.05) is 51.5 Å². The van der Waals surface area contributed by atoms with Crippen molar-refractivity contribution in [1.82, 2.24) is 0 Å². The summed E-state index contributed by atoms with van der Waals surface area (Å²) in [5.74, 6) is 1.70. The van der Waals surface area contributed by atoms with Gasteiger partial charge >= 0.3 is 0 Å². The zero-order valence-corrected chi connectivity index (χ0v) is 23.0. The van der Waals surface area contributed by atoms with E-state index in [1.165, 1.54) is 24.8 Å². The first-order valence-electron chi connectivity index (χ1n) is 14.8. The van der Waals surface area contributed by atoms with E-state index in [1.807, 2.05) is 0 Å². The van der Waals surface area contributed by atoms with Crippen LogP contribution in [0, 0.1) is 28.6 Å². The van der Waals surface area contributed by atoms with Gasteiger partial charge in [-0.15, -0.1) is 0 Å². The summed E-state index contributed by atoms with van der Waals surface area (Å²) in [5.41, 5.74) is 3.29. The zero-order chi connectivity index (χ0) is 26.1. The first-order valence-corrected chi connectivity index (χ1v) is 14.8. The number of hydrogen-bond donors (Lipinski definition) is 3. The van der Waals surface area contributed by atoms with Gasteiger partial charge < -0.3 is 15.3 Å². The van der Waals surface area contributed by atoms with Gasteiger partial charge in [0.05, 0.1) is 18.3 Å². The molecular formula is C32H50O4. The summed E-state index contributed by atoms with van der Waals surface area (Å²) >= 11 is 0. The van der Waals surface area contributed by atoms with Crippen molar-refractivity contribution in [3.63, 3.8) is 0 Å². The molecule has 0 heterocycles. The molecule has 4 rings (SSSR count). The quantitative estimate of drug-likeness (QED) is 0.324. The molecule has 0 aromatic carbocycles. The number of rotatable bonds is 10. The summed E-state index contributed by atoms with van der Waals surface area (Å²) in [5, 5.41) is 31.6. The number of hydrogen-bond acceptors (Lipinski definition) is 4. The molecule has 0 amide bonds. The van der Waals surface area contributed by atoms with Crippen LogP contribution in [-0.4, -0.2) is 39.4 Å².